The third-order valence-electron chi connectivity index (χ3n) is 10.7. The van der Waals surface area contributed by atoms with Crippen LogP contribution in [0.3, 0.4) is 0 Å². The fourth-order valence-electron chi connectivity index (χ4n) is 7.61. The third-order valence-corrected chi connectivity index (χ3v) is 21.2. The van der Waals surface area contributed by atoms with Gasteiger partial charge in [-0.1, -0.05) is 273 Å². The van der Waals surface area contributed by atoms with Gasteiger partial charge >= 0.3 is 7.82 Å². The molecule has 0 bridgehead atoms. The van der Waals surface area contributed by atoms with Crippen molar-refractivity contribution in [3.05, 3.63) is 273 Å². The van der Waals surface area contributed by atoms with E-state index in [1.807, 2.05) is 273 Å². The Hall–Kier alpha value is -6.38. The van der Waals surface area contributed by atoms with Crippen molar-refractivity contribution in [2.45, 2.75) is 0 Å². The van der Waals surface area contributed by atoms with Gasteiger partial charge in [-0.3, -0.25) is 0 Å². The highest BCUT2D eigenvalue weighted by molar-refractivity contribution is 7.45. The van der Waals surface area contributed by atoms with Crippen LogP contribution in [0.25, 0.3) is 0 Å². The second-order valence-corrected chi connectivity index (χ2v) is 25.4. The maximum Gasteiger partial charge on any atom is 0.466 e. The van der Waals surface area contributed by atoms with Crippen LogP contribution in [0, 0.1) is 0 Å². The zero-order valence-electron chi connectivity index (χ0n) is 35.5. The average molecular weight is 927 g/mol. The molecule has 0 atom stereocenters. The lowest BCUT2D eigenvalue weighted by Gasteiger charge is -2.26. The van der Waals surface area contributed by atoms with E-state index in [0.717, 1.165) is 46.7 Å². The minimum absolute atomic E-state index is 1.01. The summed E-state index contributed by atoms with van der Waals surface area (Å²) in [6.07, 6.45) is 0. The molecule has 0 aliphatic carbocycles. The van der Waals surface area contributed by atoms with Crippen LogP contribution in [0.2, 0.25) is 0 Å². The summed E-state index contributed by atoms with van der Waals surface area (Å²) in [5, 5.41) is 9.10. The molecule has 0 aliphatic rings. The number of phosphoric acid groups is 1. The van der Waals surface area contributed by atoms with Crippen molar-refractivity contribution in [3.63, 3.8) is 0 Å². The molecule has 9 aromatic rings. The van der Waals surface area contributed by atoms with Crippen molar-refractivity contribution >= 4 is 79.5 Å². The molecular weight excluding hydrogens is 876 g/mol. The number of hydrogen-bond acceptors (Lipinski definition) is 4. The first-order chi connectivity index (χ1) is 31.4. The van der Waals surface area contributed by atoms with Gasteiger partial charge in [0.25, 0.3) is 25.0 Å². The molecule has 65 heavy (non-hydrogen) atoms. The Kier molecular flexibility index (Phi) is 17.0. The van der Waals surface area contributed by atoms with Crippen molar-refractivity contribution < 1.29 is 33.6 Å². The largest absolute Gasteiger partial charge is 0.466 e. The average Bonchev–Trinajstić information content (AvgIpc) is 3.38. The number of benzene rings is 9. The van der Waals surface area contributed by atoms with Gasteiger partial charge in [0, 0.05) is 0 Å². The van der Waals surface area contributed by atoms with Gasteiger partial charge in [-0.25, -0.2) is 4.57 Å². The van der Waals surface area contributed by atoms with Crippen LogP contribution < -0.4 is 46.7 Å². The molecule has 326 valence electrons. The Morgan fingerprint density at radius 3 is 0.369 bits per heavy atom. The summed E-state index contributed by atoms with van der Waals surface area (Å²) in [5.41, 5.74) is 0. The summed E-state index contributed by atoms with van der Waals surface area (Å²) < 4.78 is 8.88. The van der Waals surface area contributed by atoms with E-state index in [9.17, 15) is 14.4 Å². The summed E-state index contributed by atoms with van der Waals surface area (Å²) in [7, 11) is -13.3. The minimum atomic E-state index is -4.64. The molecular formula is C54H51O7PSi3. The molecule has 0 aromatic heterocycles. The molecule has 9 aromatic carbocycles. The van der Waals surface area contributed by atoms with Crippen LogP contribution in [0.15, 0.2) is 273 Å². The van der Waals surface area contributed by atoms with Crippen molar-refractivity contribution in [2.24, 2.45) is 0 Å². The van der Waals surface area contributed by atoms with Gasteiger partial charge in [0.2, 0.25) is 0 Å². The summed E-state index contributed by atoms with van der Waals surface area (Å²) >= 11 is 0. The van der Waals surface area contributed by atoms with Crippen LogP contribution in [0.5, 0.6) is 0 Å². The van der Waals surface area contributed by atoms with Crippen LogP contribution in [-0.2, 0) is 4.57 Å². The molecule has 11 heteroatoms. The highest BCUT2D eigenvalue weighted by Crippen LogP contribution is 2.25. The van der Waals surface area contributed by atoms with E-state index >= 15 is 0 Å². The van der Waals surface area contributed by atoms with E-state index in [-0.39, 0.29) is 0 Å². The van der Waals surface area contributed by atoms with E-state index in [1.54, 1.807) is 0 Å². The summed E-state index contributed by atoms with van der Waals surface area (Å²) in [4.78, 5) is 56.3. The van der Waals surface area contributed by atoms with Gasteiger partial charge in [-0.05, 0) is 46.7 Å². The first-order valence-electron chi connectivity index (χ1n) is 20.9. The van der Waals surface area contributed by atoms with Gasteiger partial charge < -0.3 is 29.1 Å². The number of rotatable bonds is 9. The second kappa shape index (κ2) is 23.0. The predicted octanol–water partition coefficient (Wildman–Crippen LogP) is 4.01. The van der Waals surface area contributed by atoms with Gasteiger partial charge in [0.1, 0.15) is 0 Å². The molecule has 7 nitrogen and oxygen atoms in total. The smallest absolute Gasteiger partial charge is 0.421 e. The fourth-order valence-corrected chi connectivity index (χ4v) is 16.7. The summed E-state index contributed by atoms with van der Waals surface area (Å²) in [5.74, 6) is 0. The van der Waals surface area contributed by atoms with Crippen LogP contribution in [0.4, 0.5) is 0 Å². The van der Waals surface area contributed by atoms with Crippen LogP contribution in [-0.4, -0.2) is 54.0 Å². The van der Waals surface area contributed by atoms with Crippen LogP contribution >= 0.6 is 7.82 Å². The quantitative estimate of drug-likeness (QED) is 0.0732. The normalized spacial score (nSPS) is 11.3. The Morgan fingerprint density at radius 2 is 0.292 bits per heavy atom. The minimum Gasteiger partial charge on any atom is -0.421 e. The van der Waals surface area contributed by atoms with Crippen LogP contribution in [0.1, 0.15) is 0 Å². The zero-order chi connectivity index (χ0) is 46.0. The maximum atomic E-state index is 11.6. The Labute approximate surface area is 384 Å². The highest BCUT2D eigenvalue weighted by Gasteiger charge is 2.39. The Bertz CT molecular complexity index is 2190. The van der Waals surface area contributed by atoms with E-state index in [4.69, 9.17) is 19.2 Å². The first-order valence-corrected chi connectivity index (χ1v) is 28.3. The molecule has 0 spiro atoms. The molecule has 0 amide bonds. The lowest BCUT2D eigenvalue weighted by atomic mass is 10.3. The van der Waals surface area contributed by atoms with Gasteiger partial charge in [0.15, 0.2) is 0 Å². The van der Waals surface area contributed by atoms with Gasteiger partial charge in [-0.2, -0.15) is 0 Å². The third kappa shape index (κ3) is 12.5. The van der Waals surface area contributed by atoms with Crippen molar-refractivity contribution in [1.82, 2.24) is 0 Å². The van der Waals surface area contributed by atoms with Crippen molar-refractivity contribution in [2.75, 3.05) is 0 Å². The van der Waals surface area contributed by atoms with E-state index in [1.165, 1.54) is 0 Å². The molecule has 0 saturated heterocycles. The molecule has 0 radical (unpaired) electrons. The van der Waals surface area contributed by atoms with E-state index < -0.39 is 32.8 Å². The SMILES string of the molecule is O=P(O)(O)O.O[Si](c1ccccc1)(c1ccccc1)c1ccccc1.O[Si](c1ccccc1)(c1ccccc1)c1ccccc1.O[Si](c1ccccc1)(c1ccccc1)c1ccccc1. The van der Waals surface area contributed by atoms with E-state index in [2.05, 4.69) is 0 Å². The maximum absolute atomic E-state index is 11.6. The Morgan fingerprint density at radius 1 is 0.215 bits per heavy atom. The van der Waals surface area contributed by atoms with E-state index in [0.29, 0.717) is 0 Å². The lowest BCUT2D eigenvalue weighted by Crippen LogP contribution is -2.67. The highest BCUT2D eigenvalue weighted by atomic mass is 31.2. The topological polar surface area (TPSA) is 138 Å². The first kappa shape index (κ1) is 48.1. The van der Waals surface area contributed by atoms with Gasteiger partial charge in [-0.15, -0.1) is 0 Å². The number of hydrogen-bond donors (Lipinski definition) is 6. The summed E-state index contributed by atoms with van der Waals surface area (Å²) in [6, 6.07) is 89.9. The zero-order valence-corrected chi connectivity index (χ0v) is 39.4. The molecule has 0 fully saturated rings. The predicted molar refractivity (Wildman–Crippen MR) is 273 cm³/mol. The molecule has 0 aliphatic heterocycles. The standard InChI is InChI=1S/3C18H16OSi.H3O4P/c3*19-20(16-10-4-1-5-11-16,17-12-6-2-7-13-17)18-14-8-3-9-15-18;1-5(2,3)4/h3*1-15,19H;(H3,1,2,3,4). The Balaban J connectivity index is 0.000000153. The molecule has 9 rings (SSSR count). The molecule has 0 heterocycles. The van der Waals surface area contributed by atoms with Crippen molar-refractivity contribution in [1.29, 1.82) is 0 Å². The fraction of sp³-hybridized carbons (Fsp3) is 0. The lowest BCUT2D eigenvalue weighted by molar-refractivity contribution is 0.275. The monoisotopic (exact) mass is 926 g/mol. The van der Waals surface area contributed by atoms with Crippen molar-refractivity contribution in [3.8, 4) is 0 Å². The van der Waals surface area contributed by atoms with Gasteiger partial charge in [0.05, 0.1) is 0 Å². The molecule has 0 unspecified atom stereocenters. The summed E-state index contributed by atoms with van der Waals surface area (Å²) in [6.45, 7) is 0. The molecule has 6 N–H and O–H groups in total. The molecule has 0 saturated carbocycles. The second-order valence-electron chi connectivity index (χ2n) is 14.9.